The number of hydrogen-bond acceptors (Lipinski definition) is 6. The Hall–Kier alpha value is -2.85. The van der Waals surface area contributed by atoms with Crippen molar-refractivity contribution in [3.05, 3.63) is 47.2 Å². The fraction of sp³-hybridized carbons (Fsp3) is 0.421. The molecule has 1 fully saturated rings. The summed E-state index contributed by atoms with van der Waals surface area (Å²) in [5.41, 5.74) is 1.52. The maximum atomic E-state index is 12.4. The van der Waals surface area contributed by atoms with Gasteiger partial charge in [-0.2, -0.15) is 5.26 Å². The summed E-state index contributed by atoms with van der Waals surface area (Å²) >= 11 is 0. The number of nitrogens with zero attached hydrogens (tertiary/aromatic N) is 3. The molecule has 0 atom stereocenters. The van der Waals surface area contributed by atoms with Gasteiger partial charge in [0, 0.05) is 38.9 Å². The summed E-state index contributed by atoms with van der Waals surface area (Å²) in [4.78, 5) is 27.8. The second-order valence-corrected chi connectivity index (χ2v) is 6.06. The number of nitriles is 1. The van der Waals surface area contributed by atoms with Gasteiger partial charge in [0.25, 0.3) is 5.91 Å². The van der Waals surface area contributed by atoms with Crippen molar-refractivity contribution in [1.29, 1.82) is 5.26 Å². The van der Waals surface area contributed by atoms with Crippen molar-refractivity contribution in [2.24, 2.45) is 0 Å². The van der Waals surface area contributed by atoms with E-state index in [1.165, 1.54) is 6.20 Å². The number of piperazine rings is 1. The van der Waals surface area contributed by atoms with Crippen molar-refractivity contribution in [3.63, 3.8) is 0 Å². The number of benzene rings is 1. The molecule has 0 saturated carbocycles. The van der Waals surface area contributed by atoms with Crippen molar-refractivity contribution in [1.82, 2.24) is 15.1 Å². The fourth-order valence-electron chi connectivity index (χ4n) is 2.57. The van der Waals surface area contributed by atoms with Crippen molar-refractivity contribution < 1.29 is 14.3 Å². The first-order valence-electron chi connectivity index (χ1n) is 8.62. The third-order valence-electron chi connectivity index (χ3n) is 4.16. The van der Waals surface area contributed by atoms with Crippen LogP contribution in [-0.2, 0) is 16.1 Å². The van der Waals surface area contributed by atoms with Crippen LogP contribution in [0.1, 0.15) is 22.8 Å². The van der Waals surface area contributed by atoms with Gasteiger partial charge in [0.05, 0.1) is 12.2 Å². The highest BCUT2D eigenvalue weighted by Crippen LogP contribution is 2.08. The Morgan fingerprint density at radius 1 is 1.23 bits per heavy atom. The maximum absolute atomic E-state index is 12.4. The second-order valence-electron chi connectivity index (χ2n) is 6.06. The van der Waals surface area contributed by atoms with Gasteiger partial charge in [0.1, 0.15) is 11.6 Å². The zero-order chi connectivity index (χ0) is 18.9. The minimum Gasteiger partial charge on any atom is -0.462 e. The molecule has 1 aliphatic rings. The molecule has 0 bridgehead atoms. The molecule has 2 rings (SSSR count). The van der Waals surface area contributed by atoms with Gasteiger partial charge in [-0.05, 0) is 31.7 Å². The SMILES string of the molecule is CCOC(=O)c1ccc(CN/C=C(/C#N)C(=O)N2CCN(C)CC2)cc1. The van der Waals surface area contributed by atoms with E-state index >= 15 is 0 Å². The van der Waals surface area contributed by atoms with Gasteiger partial charge in [0.15, 0.2) is 0 Å². The average molecular weight is 356 g/mol. The van der Waals surface area contributed by atoms with E-state index in [0.29, 0.717) is 31.8 Å². The lowest BCUT2D eigenvalue weighted by Gasteiger charge is -2.32. The molecular formula is C19H24N4O3. The van der Waals surface area contributed by atoms with Gasteiger partial charge in [-0.15, -0.1) is 0 Å². The lowest BCUT2D eigenvalue weighted by molar-refractivity contribution is -0.128. The molecule has 0 aliphatic carbocycles. The van der Waals surface area contributed by atoms with E-state index in [1.54, 1.807) is 36.1 Å². The molecule has 1 saturated heterocycles. The quantitative estimate of drug-likeness (QED) is 0.467. The molecule has 1 heterocycles. The Kier molecular flexibility index (Phi) is 7.18. The van der Waals surface area contributed by atoms with Crippen LogP contribution in [0.3, 0.4) is 0 Å². The highest BCUT2D eigenvalue weighted by atomic mass is 16.5. The van der Waals surface area contributed by atoms with Crippen molar-refractivity contribution >= 4 is 11.9 Å². The van der Waals surface area contributed by atoms with Crippen molar-refractivity contribution in [2.75, 3.05) is 39.8 Å². The summed E-state index contributed by atoms with van der Waals surface area (Å²) < 4.78 is 4.94. The third kappa shape index (κ3) is 5.33. The Morgan fingerprint density at radius 2 is 1.88 bits per heavy atom. The number of esters is 1. The maximum Gasteiger partial charge on any atom is 0.338 e. The number of rotatable bonds is 6. The summed E-state index contributed by atoms with van der Waals surface area (Å²) in [6.45, 7) is 5.43. The summed E-state index contributed by atoms with van der Waals surface area (Å²) in [5, 5.41) is 12.3. The third-order valence-corrected chi connectivity index (χ3v) is 4.16. The highest BCUT2D eigenvalue weighted by Gasteiger charge is 2.21. The molecule has 1 aromatic carbocycles. The molecule has 138 valence electrons. The van der Waals surface area contributed by atoms with Crippen LogP contribution in [0.25, 0.3) is 0 Å². The number of ether oxygens (including phenoxy) is 1. The topological polar surface area (TPSA) is 85.7 Å². The minimum atomic E-state index is -0.351. The molecule has 0 radical (unpaired) electrons. The summed E-state index contributed by atoms with van der Waals surface area (Å²) in [5.74, 6) is -0.595. The van der Waals surface area contributed by atoms with Crippen LogP contribution < -0.4 is 5.32 Å². The molecule has 1 aliphatic heterocycles. The smallest absolute Gasteiger partial charge is 0.338 e. The van der Waals surface area contributed by atoms with Gasteiger partial charge in [-0.1, -0.05) is 12.1 Å². The molecule has 0 unspecified atom stereocenters. The number of carbonyl (C=O) groups is 2. The highest BCUT2D eigenvalue weighted by molar-refractivity contribution is 5.97. The Labute approximate surface area is 153 Å². The standard InChI is InChI=1S/C19H24N4O3/c1-3-26-19(25)16-6-4-15(5-7-16)13-21-14-17(12-20)18(24)23-10-8-22(2)9-11-23/h4-7,14,21H,3,8-11,13H2,1-2H3/b17-14-. The zero-order valence-corrected chi connectivity index (χ0v) is 15.2. The number of hydrogen-bond donors (Lipinski definition) is 1. The van der Waals surface area contributed by atoms with Gasteiger partial charge in [-0.3, -0.25) is 4.79 Å². The average Bonchev–Trinajstić information content (AvgIpc) is 2.66. The molecule has 26 heavy (non-hydrogen) atoms. The Morgan fingerprint density at radius 3 is 2.46 bits per heavy atom. The molecule has 1 aromatic rings. The lowest BCUT2D eigenvalue weighted by Crippen LogP contribution is -2.47. The van der Waals surface area contributed by atoms with Gasteiger partial charge < -0.3 is 19.9 Å². The fourth-order valence-corrected chi connectivity index (χ4v) is 2.57. The molecule has 0 aromatic heterocycles. The van der Waals surface area contributed by atoms with Crippen LogP contribution >= 0.6 is 0 Å². The monoisotopic (exact) mass is 356 g/mol. The van der Waals surface area contributed by atoms with E-state index in [4.69, 9.17) is 4.74 Å². The van der Waals surface area contributed by atoms with Crippen LogP contribution in [0.4, 0.5) is 0 Å². The van der Waals surface area contributed by atoms with E-state index < -0.39 is 0 Å². The first-order valence-corrected chi connectivity index (χ1v) is 8.62. The van der Waals surface area contributed by atoms with E-state index in [-0.39, 0.29) is 17.4 Å². The molecular weight excluding hydrogens is 332 g/mol. The van der Waals surface area contributed by atoms with E-state index in [2.05, 4.69) is 10.2 Å². The van der Waals surface area contributed by atoms with Crippen LogP contribution in [0.15, 0.2) is 36.0 Å². The molecule has 7 heteroatoms. The molecule has 1 N–H and O–H groups in total. The zero-order valence-electron chi connectivity index (χ0n) is 15.2. The number of likely N-dealkylation sites (N-methyl/N-ethyl adjacent to an activating group) is 1. The number of amides is 1. The van der Waals surface area contributed by atoms with Crippen molar-refractivity contribution in [2.45, 2.75) is 13.5 Å². The van der Waals surface area contributed by atoms with E-state index in [0.717, 1.165) is 18.7 Å². The van der Waals surface area contributed by atoms with Gasteiger partial charge in [0.2, 0.25) is 0 Å². The van der Waals surface area contributed by atoms with Crippen LogP contribution in [0, 0.1) is 11.3 Å². The Bertz CT molecular complexity index is 698. The molecule has 0 spiro atoms. The van der Waals surface area contributed by atoms with Gasteiger partial charge in [-0.25, -0.2) is 4.79 Å². The summed E-state index contributed by atoms with van der Waals surface area (Å²) in [7, 11) is 2.01. The predicted molar refractivity (Wildman–Crippen MR) is 97.0 cm³/mol. The number of carbonyl (C=O) groups excluding carboxylic acids is 2. The van der Waals surface area contributed by atoms with Gasteiger partial charge >= 0.3 is 5.97 Å². The number of nitrogens with one attached hydrogen (secondary N) is 1. The first kappa shape index (κ1) is 19.5. The van der Waals surface area contributed by atoms with E-state index in [9.17, 15) is 14.9 Å². The first-order chi connectivity index (χ1) is 12.5. The normalized spacial score (nSPS) is 15.3. The van der Waals surface area contributed by atoms with Crippen LogP contribution in [-0.4, -0.2) is 61.5 Å². The van der Waals surface area contributed by atoms with Crippen LogP contribution in [0.2, 0.25) is 0 Å². The Balaban J connectivity index is 1.90. The second kappa shape index (κ2) is 9.59. The predicted octanol–water partition coefficient (Wildman–Crippen LogP) is 1.13. The van der Waals surface area contributed by atoms with Crippen molar-refractivity contribution in [3.8, 4) is 6.07 Å². The largest absolute Gasteiger partial charge is 0.462 e. The summed E-state index contributed by atoms with van der Waals surface area (Å²) in [6.07, 6.45) is 1.46. The lowest BCUT2D eigenvalue weighted by atomic mass is 10.1. The molecule has 7 nitrogen and oxygen atoms in total. The van der Waals surface area contributed by atoms with Crippen LogP contribution in [0.5, 0.6) is 0 Å². The van der Waals surface area contributed by atoms with E-state index in [1.807, 2.05) is 13.1 Å². The summed E-state index contributed by atoms with van der Waals surface area (Å²) in [6, 6.07) is 8.97. The minimum absolute atomic E-state index is 0.0951. The molecule has 1 amide bonds.